The van der Waals surface area contributed by atoms with Crippen molar-refractivity contribution in [2.75, 3.05) is 26.2 Å². The second-order valence-electron chi connectivity index (χ2n) is 10.4. The van der Waals surface area contributed by atoms with Crippen LogP contribution in [-0.4, -0.2) is 75.5 Å². The predicted molar refractivity (Wildman–Crippen MR) is 156 cm³/mol. The molecule has 0 spiro atoms. The molecule has 1 aliphatic rings. The third kappa shape index (κ3) is 7.49. The van der Waals surface area contributed by atoms with Crippen molar-refractivity contribution in [1.29, 1.82) is 0 Å². The van der Waals surface area contributed by atoms with E-state index in [0.29, 0.717) is 13.1 Å². The number of quaternary nitrogens is 1. The number of carbonyl (C=O) groups excluding carboxylic acids is 2. The summed E-state index contributed by atoms with van der Waals surface area (Å²) in [6.45, 7) is 8.14. The molecule has 2 amide bonds. The number of hydrogen-bond donors (Lipinski definition) is 3. The summed E-state index contributed by atoms with van der Waals surface area (Å²) < 4.78 is 58.7. The molecule has 13 heteroatoms. The topological polar surface area (TPSA) is 178 Å². The molecule has 0 unspecified atom stereocenters. The van der Waals surface area contributed by atoms with Crippen LogP contribution < -0.4 is 16.8 Å². The number of nitrogens with zero attached hydrogens (tertiary/aromatic N) is 2. The van der Waals surface area contributed by atoms with Gasteiger partial charge in [0.25, 0.3) is 0 Å². The van der Waals surface area contributed by atoms with Crippen molar-refractivity contribution in [2.24, 2.45) is 11.5 Å². The van der Waals surface area contributed by atoms with E-state index in [1.54, 1.807) is 12.2 Å². The second-order valence-corrected chi connectivity index (χ2v) is 14.2. The molecule has 41 heavy (non-hydrogen) atoms. The van der Waals surface area contributed by atoms with Crippen LogP contribution in [0.1, 0.15) is 48.4 Å². The van der Waals surface area contributed by atoms with Crippen molar-refractivity contribution in [3.8, 4) is 0 Å². The van der Waals surface area contributed by atoms with Gasteiger partial charge in [0.05, 0.1) is 35.0 Å². The van der Waals surface area contributed by atoms with Crippen LogP contribution in [-0.2, 0) is 20.0 Å². The standard InChI is InChI=1S/C28H37N5O6S2/c1-19(2)13-15-32(40(36,37)23-9-5-21(6-10-23)27(29)34)25-17-31-18-26(25)33(16-14-20(3)4)41(38,39)24-11-7-22(8-12-24)28(30)35/h5-14,25-26,31H,15-18H2,1-4H3,(H2,29,34)(H2,30,35)/p+1/t25-,26-/m0/s1. The largest absolute Gasteiger partial charge is 0.366 e. The summed E-state index contributed by atoms with van der Waals surface area (Å²) in [5.74, 6) is -1.35. The number of rotatable bonds is 12. The summed E-state index contributed by atoms with van der Waals surface area (Å²) in [6.07, 6.45) is 3.56. The Kier molecular flexibility index (Phi) is 10.3. The fourth-order valence-electron chi connectivity index (χ4n) is 4.59. The van der Waals surface area contributed by atoms with Crippen LogP contribution in [0, 0.1) is 0 Å². The van der Waals surface area contributed by atoms with Crippen LogP contribution in [0.5, 0.6) is 0 Å². The first kappa shape index (κ1) is 32.2. The van der Waals surface area contributed by atoms with Gasteiger partial charge in [-0.15, -0.1) is 0 Å². The van der Waals surface area contributed by atoms with Gasteiger partial charge in [0.1, 0.15) is 0 Å². The van der Waals surface area contributed by atoms with Crippen molar-refractivity contribution in [1.82, 2.24) is 8.61 Å². The summed E-state index contributed by atoms with van der Waals surface area (Å²) in [4.78, 5) is 23.0. The predicted octanol–water partition coefficient (Wildman–Crippen LogP) is 0.813. The summed E-state index contributed by atoms with van der Waals surface area (Å²) in [5.41, 5.74) is 12.8. The zero-order valence-electron chi connectivity index (χ0n) is 23.6. The van der Waals surface area contributed by atoms with Crippen molar-refractivity contribution >= 4 is 31.9 Å². The van der Waals surface area contributed by atoms with Gasteiger partial charge >= 0.3 is 0 Å². The van der Waals surface area contributed by atoms with Gasteiger partial charge in [0.15, 0.2) is 0 Å². The highest BCUT2D eigenvalue weighted by Crippen LogP contribution is 2.27. The molecule has 0 aliphatic carbocycles. The molecule has 2 aromatic carbocycles. The number of carbonyl (C=O) groups is 2. The molecule has 1 heterocycles. The lowest BCUT2D eigenvalue weighted by atomic mass is 10.1. The van der Waals surface area contributed by atoms with Crippen LogP contribution in [0.25, 0.3) is 0 Å². The fourth-order valence-corrected chi connectivity index (χ4v) is 7.80. The number of sulfonamides is 2. The van der Waals surface area contributed by atoms with Gasteiger partial charge in [-0.2, -0.15) is 8.61 Å². The average Bonchev–Trinajstić information content (AvgIpc) is 3.37. The molecule has 3 rings (SSSR count). The molecule has 0 radical (unpaired) electrons. The van der Waals surface area contributed by atoms with Gasteiger partial charge in [0, 0.05) is 24.2 Å². The van der Waals surface area contributed by atoms with E-state index in [1.165, 1.54) is 57.1 Å². The van der Waals surface area contributed by atoms with Crippen LogP contribution in [0.15, 0.2) is 81.6 Å². The van der Waals surface area contributed by atoms with E-state index in [-0.39, 0.29) is 34.0 Å². The van der Waals surface area contributed by atoms with E-state index in [0.717, 1.165) is 11.1 Å². The molecule has 1 fully saturated rings. The number of nitrogens with two attached hydrogens (primary N) is 3. The van der Waals surface area contributed by atoms with E-state index in [9.17, 15) is 26.4 Å². The maximum absolute atomic E-state index is 14.0. The summed E-state index contributed by atoms with van der Waals surface area (Å²) in [6, 6.07) is 9.32. The van der Waals surface area contributed by atoms with Gasteiger partial charge in [-0.05, 0) is 76.2 Å². The molecule has 2 aromatic rings. The first-order valence-electron chi connectivity index (χ1n) is 13.1. The van der Waals surface area contributed by atoms with Gasteiger partial charge in [-0.25, -0.2) is 16.8 Å². The number of amides is 2. The van der Waals surface area contributed by atoms with Crippen molar-refractivity contribution < 1.29 is 31.7 Å². The second kappa shape index (κ2) is 13.1. The van der Waals surface area contributed by atoms with Crippen molar-refractivity contribution in [2.45, 2.75) is 49.6 Å². The Hall–Kier alpha value is -3.36. The normalized spacial score (nSPS) is 17.4. The number of benzene rings is 2. The van der Waals surface area contributed by atoms with E-state index >= 15 is 0 Å². The van der Waals surface area contributed by atoms with Crippen molar-refractivity contribution in [3.05, 3.63) is 83.0 Å². The Balaban J connectivity index is 2.11. The maximum Gasteiger partial charge on any atom is 0.248 e. The quantitative estimate of drug-likeness (QED) is 0.302. The van der Waals surface area contributed by atoms with Gasteiger partial charge in [-0.1, -0.05) is 23.3 Å². The first-order chi connectivity index (χ1) is 19.2. The number of allylic oxidation sites excluding steroid dienone is 2. The van der Waals surface area contributed by atoms with Crippen LogP contribution in [0.2, 0.25) is 0 Å². The highest BCUT2D eigenvalue weighted by molar-refractivity contribution is 7.89. The minimum atomic E-state index is -4.12. The van der Waals surface area contributed by atoms with Gasteiger partial charge in [-0.3, -0.25) is 9.59 Å². The Morgan fingerprint density at radius 2 is 1.02 bits per heavy atom. The van der Waals surface area contributed by atoms with Crippen LogP contribution >= 0.6 is 0 Å². The van der Waals surface area contributed by atoms with Crippen LogP contribution in [0.4, 0.5) is 0 Å². The Labute approximate surface area is 242 Å². The SMILES string of the molecule is CC(C)=CCN([C@H]1C[NH2+]C[C@@H]1N(CC=C(C)C)S(=O)(=O)c1ccc(C(N)=O)cc1)S(=O)(=O)c1ccc(C(N)=O)cc1. The average molecular weight is 605 g/mol. The molecule has 2 atom stereocenters. The molecule has 222 valence electrons. The molecule has 1 aliphatic heterocycles. The van der Waals surface area contributed by atoms with E-state index < -0.39 is 43.9 Å². The molecule has 6 N–H and O–H groups in total. The molecule has 1 saturated heterocycles. The number of primary amides is 2. The lowest BCUT2D eigenvalue weighted by Crippen LogP contribution is -2.82. The first-order valence-corrected chi connectivity index (χ1v) is 16.0. The minimum absolute atomic E-state index is 0.0289. The lowest BCUT2D eigenvalue weighted by molar-refractivity contribution is -0.638. The summed E-state index contributed by atoms with van der Waals surface area (Å²) in [5, 5.41) is 1.90. The molecule has 0 aromatic heterocycles. The van der Waals surface area contributed by atoms with Crippen LogP contribution in [0.3, 0.4) is 0 Å². The molecule has 11 nitrogen and oxygen atoms in total. The van der Waals surface area contributed by atoms with Gasteiger partial charge < -0.3 is 16.8 Å². The zero-order chi connectivity index (χ0) is 30.5. The molecular formula is C28H38N5O6S2+. The number of hydrogen-bond acceptors (Lipinski definition) is 6. The summed E-state index contributed by atoms with van der Waals surface area (Å²) >= 11 is 0. The Morgan fingerprint density at radius 3 is 1.29 bits per heavy atom. The van der Waals surface area contributed by atoms with Gasteiger partial charge in [0.2, 0.25) is 31.9 Å². The smallest absolute Gasteiger partial charge is 0.248 e. The highest BCUT2D eigenvalue weighted by Gasteiger charge is 2.47. The molecule has 0 saturated carbocycles. The maximum atomic E-state index is 14.0. The third-order valence-corrected chi connectivity index (χ3v) is 10.7. The Bertz CT molecular complexity index is 1420. The Morgan fingerprint density at radius 1 is 0.707 bits per heavy atom. The van der Waals surface area contributed by atoms with E-state index in [1.807, 2.05) is 33.0 Å². The zero-order valence-corrected chi connectivity index (χ0v) is 25.3. The molecular weight excluding hydrogens is 566 g/mol. The van der Waals surface area contributed by atoms with Crippen molar-refractivity contribution in [3.63, 3.8) is 0 Å². The van der Waals surface area contributed by atoms with E-state index in [2.05, 4.69) is 0 Å². The lowest BCUT2D eigenvalue weighted by Gasteiger charge is -2.34. The minimum Gasteiger partial charge on any atom is -0.366 e. The highest BCUT2D eigenvalue weighted by atomic mass is 32.2. The monoisotopic (exact) mass is 604 g/mol. The van der Waals surface area contributed by atoms with E-state index in [4.69, 9.17) is 11.5 Å². The molecule has 0 bridgehead atoms. The fraction of sp³-hybridized carbons (Fsp3) is 0.357. The third-order valence-electron chi connectivity index (χ3n) is 6.85. The summed E-state index contributed by atoms with van der Waals surface area (Å²) in [7, 11) is -8.23.